The molecule has 0 spiro atoms. The Morgan fingerprint density at radius 2 is 1.60 bits per heavy atom. The molecular formula is C16H15O3P. The van der Waals surface area contributed by atoms with Crippen molar-refractivity contribution in [3.05, 3.63) is 77.9 Å². The van der Waals surface area contributed by atoms with Gasteiger partial charge in [0, 0.05) is 7.11 Å². The summed E-state index contributed by atoms with van der Waals surface area (Å²) in [6.07, 6.45) is 1.55. The van der Waals surface area contributed by atoms with Gasteiger partial charge in [0.25, 0.3) is 0 Å². The zero-order chi connectivity index (χ0) is 14.0. The van der Waals surface area contributed by atoms with Crippen molar-refractivity contribution < 1.29 is 13.6 Å². The summed E-state index contributed by atoms with van der Waals surface area (Å²) in [5.74, 6) is 0. The van der Waals surface area contributed by atoms with Crippen LogP contribution in [0.3, 0.4) is 0 Å². The van der Waals surface area contributed by atoms with Crippen LogP contribution in [0.25, 0.3) is 5.31 Å². The summed E-state index contributed by atoms with van der Waals surface area (Å²) in [6, 6.07) is 19.3. The highest BCUT2D eigenvalue weighted by Crippen LogP contribution is 2.67. The minimum atomic E-state index is -3.24. The Kier molecular flexibility index (Phi) is 3.58. The van der Waals surface area contributed by atoms with E-state index in [1.54, 1.807) is 0 Å². The monoisotopic (exact) mass is 286 g/mol. The molecule has 0 saturated heterocycles. The first-order chi connectivity index (χ1) is 9.73. The SMILES string of the molecule is CO[P@@]1(=O)O[C@H](c2ccccc2)C=C1c1ccccc1. The predicted octanol–water partition coefficient (Wildman–Crippen LogP) is 4.64. The quantitative estimate of drug-likeness (QED) is 0.771. The minimum Gasteiger partial charge on any atom is -0.309 e. The third kappa shape index (κ3) is 2.36. The second-order valence-corrected chi connectivity index (χ2v) is 6.59. The van der Waals surface area contributed by atoms with Crippen LogP contribution in [0.15, 0.2) is 66.7 Å². The van der Waals surface area contributed by atoms with Gasteiger partial charge in [0.15, 0.2) is 0 Å². The van der Waals surface area contributed by atoms with E-state index < -0.39 is 7.60 Å². The van der Waals surface area contributed by atoms with E-state index in [4.69, 9.17) is 9.05 Å². The lowest BCUT2D eigenvalue weighted by molar-refractivity contribution is 0.214. The van der Waals surface area contributed by atoms with Gasteiger partial charge in [0.05, 0.1) is 5.31 Å². The highest BCUT2D eigenvalue weighted by molar-refractivity contribution is 7.65. The van der Waals surface area contributed by atoms with Gasteiger partial charge >= 0.3 is 7.60 Å². The molecule has 1 aliphatic heterocycles. The summed E-state index contributed by atoms with van der Waals surface area (Å²) >= 11 is 0. The van der Waals surface area contributed by atoms with E-state index in [9.17, 15) is 4.57 Å². The van der Waals surface area contributed by atoms with Gasteiger partial charge in [0.2, 0.25) is 0 Å². The molecule has 0 saturated carbocycles. The van der Waals surface area contributed by atoms with E-state index in [-0.39, 0.29) is 6.10 Å². The Morgan fingerprint density at radius 1 is 1.00 bits per heavy atom. The van der Waals surface area contributed by atoms with E-state index >= 15 is 0 Å². The lowest BCUT2D eigenvalue weighted by atomic mass is 10.1. The van der Waals surface area contributed by atoms with E-state index in [0.29, 0.717) is 5.31 Å². The Morgan fingerprint density at radius 3 is 2.20 bits per heavy atom. The second-order valence-electron chi connectivity index (χ2n) is 4.53. The van der Waals surface area contributed by atoms with Gasteiger partial charge in [-0.25, -0.2) is 0 Å². The predicted molar refractivity (Wildman–Crippen MR) is 79.3 cm³/mol. The molecule has 2 aromatic rings. The third-order valence-corrected chi connectivity index (χ3v) is 5.28. The van der Waals surface area contributed by atoms with E-state index in [1.165, 1.54) is 7.11 Å². The topological polar surface area (TPSA) is 35.5 Å². The molecule has 1 aliphatic rings. The van der Waals surface area contributed by atoms with Gasteiger partial charge < -0.3 is 4.52 Å². The first-order valence-corrected chi connectivity index (χ1v) is 7.94. The molecule has 0 aliphatic carbocycles. The molecule has 102 valence electrons. The van der Waals surface area contributed by atoms with Crippen molar-refractivity contribution in [1.82, 2.24) is 0 Å². The van der Waals surface area contributed by atoms with Crippen LogP contribution < -0.4 is 0 Å². The van der Waals surface area contributed by atoms with Gasteiger partial charge in [-0.1, -0.05) is 60.7 Å². The van der Waals surface area contributed by atoms with Crippen LogP contribution in [-0.2, 0) is 13.6 Å². The molecule has 2 atom stereocenters. The smallest absolute Gasteiger partial charge is 0.309 e. The average molecular weight is 286 g/mol. The lowest BCUT2D eigenvalue weighted by Gasteiger charge is -2.15. The molecule has 0 fully saturated rings. The van der Waals surface area contributed by atoms with Crippen molar-refractivity contribution in [3.8, 4) is 0 Å². The van der Waals surface area contributed by atoms with Crippen molar-refractivity contribution in [1.29, 1.82) is 0 Å². The molecule has 4 heteroatoms. The van der Waals surface area contributed by atoms with Gasteiger partial charge in [-0.2, -0.15) is 0 Å². The largest absolute Gasteiger partial charge is 0.362 e. The fraction of sp³-hybridized carbons (Fsp3) is 0.125. The summed E-state index contributed by atoms with van der Waals surface area (Å²) in [4.78, 5) is 0. The van der Waals surface area contributed by atoms with Gasteiger partial charge in [-0.05, 0) is 17.2 Å². The van der Waals surface area contributed by atoms with Crippen LogP contribution >= 0.6 is 7.60 Å². The highest BCUT2D eigenvalue weighted by Gasteiger charge is 2.39. The molecule has 1 heterocycles. The zero-order valence-corrected chi connectivity index (χ0v) is 12.0. The molecule has 0 amide bonds. The molecule has 0 aromatic heterocycles. The Hall–Kier alpha value is -1.67. The number of benzene rings is 2. The summed E-state index contributed by atoms with van der Waals surface area (Å²) in [5.41, 5.74) is 1.84. The Bertz CT molecular complexity index is 665. The van der Waals surface area contributed by atoms with Crippen molar-refractivity contribution in [2.75, 3.05) is 7.11 Å². The van der Waals surface area contributed by atoms with Crippen molar-refractivity contribution >= 4 is 12.9 Å². The summed E-state index contributed by atoms with van der Waals surface area (Å²) in [6.45, 7) is 0. The fourth-order valence-corrected chi connectivity index (χ4v) is 3.94. The van der Waals surface area contributed by atoms with Crippen LogP contribution in [0.2, 0.25) is 0 Å². The standard InChI is InChI=1S/C16H15O3P/c1-18-20(17)16(14-10-6-3-7-11-14)12-15(19-20)13-8-4-2-5-9-13/h2-12,15H,1H3/t15-,20+/m0/s1. The molecule has 0 radical (unpaired) electrons. The summed E-state index contributed by atoms with van der Waals surface area (Å²) < 4.78 is 23.7. The molecular weight excluding hydrogens is 271 g/mol. The van der Waals surface area contributed by atoms with E-state index in [0.717, 1.165) is 11.1 Å². The zero-order valence-electron chi connectivity index (χ0n) is 11.1. The molecule has 0 N–H and O–H groups in total. The summed E-state index contributed by atoms with van der Waals surface area (Å²) in [7, 11) is -1.82. The number of hydrogen-bond acceptors (Lipinski definition) is 3. The molecule has 3 rings (SSSR count). The Labute approximate surface area is 118 Å². The second kappa shape index (κ2) is 5.37. The molecule has 0 bridgehead atoms. The Balaban J connectivity index is 2.03. The molecule has 2 aromatic carbocycles. The van der Waals surface area contributed by atoms with Crippen molar-refractivity contribution in [3.63, 3.8) is 0 Å². The molecule has 0 unspecified atom stereocenters. The van der Waals surface area contributed by atoms with Crippen LogP contribution in [0.1, 0.15) is 17.2 Å². The summed E-state index contributed by atoms with van der Waals surface area (Å²) in [5, 5.41) is 0.634. The minimum absolute atomic E-state index is 0.336. The van der Waals surface area contributed by atoms with Crippen LogP contribution in [0.4, 0.5) is 0 Å². The fourth-order valence-electron chi connectivity index (χ4n) is 2.28. The van der Waals surface area contributed by atoms with Crippen LogP contribution in [-0.4, -0.2) is 7.11 Å². The van der Waals surface area contributed by atoms with Gasteiger partial charge in [0.1, 0.15) is 6.10 Å². The number of hydrogen-bond donors (Lipinski definition) is 0. The van der Waals surface area contributed by atoms with Gasteiger partial charge in [-0.3, -0.25) is 9.09 Å². The van der Waals surface area contributed by atoms with Crippen LogP contribution in [0, 0.1) is 0 Å². The van der Waals surface area contributed by atoms with E-state index in [1.807, 2.05) is 66.7 Å². The molecule has 20 heavy (non-hydrogen) atoms. The average Bonchev–Trinajstić information content (AvgIpc) is 2.88. The number of rotatable bonds is 3. The molecule has 3 nitrogen and oxygen atoms in total. The van der Waals surface area contributed by atoms with Gasteiger partial charge in [-0.15, -0.1) is 0 Å². The maximum absolute atomic E-state index is 12.8. The third-order valence-electron chi connectivity index (χ3n) is 3.29. The first kappa shape index (κ1) is 13.3. The van der Waals surface area contributed by atoms with Crippen molar-refractivity contribution in [2.24, 2.45) is 0 Å². The van der Waals surface area contributed by atoms with E-state index in [2.05, 4.69) is 0 Å². The normalized spacial score (nSPS) is 25.4. The first-order valence-electron chi connectivity index (χ1n) is 6.40. The highest BCUT2D eigenvalue weighted by atomic mass is 31.2. The lowest BCUT2D eigenvalue weighted by Crippen LogP contribution is -1.94. The maximum atomic E-state index is 12.8. The maximum Gasteiger partial charge on any atom is 0.362 e. The van der Waals surface area contributed by atoms with Crippen LogP contribution in [0.5, 0.6) is 0 Å². The van der Waals surface area contributed by atoms with Crippen molar-refractivity contribution in [2.45, 2.75) is 6.10 Å².